The van der Waals surface area contributed by atoms with E-state index in [1.165, 1.54) is 23.4 Å². The molecule has 2 heterocycles. The van der Waals surface area contributed by atoms with E-state index in [0.717, 1.165) is 27.2 Å². The molecule has 2 aromatic heterocycles. The van der Waals surface area contributed by atoms with Crippen LogP contribution in [0.2, 0.25) is 0 Å². The third-order valence-electron chi connectivity index (χ3n) is 4.01. The van der Waals surface area contributed by atoms with Crippen LogP contribution in [0.25, 0.3) is 11.6 Å². The number of nitriles is 1. The molecule has 2 rings (SSSR count). The Labute approximate surface area is 140 Å². The zero-order valence-corrected chi connectivity index (χ0v) is 14.9. The first-order chi connectivity index (χ1) is 11.0. The lowest BCUT2D eigenvalue weighted by Gasteiger charge is -2.09. The SMILES string of the molecule is CCOC(=O)/C=C/c1c(SC)c(C#N)c2c(C)c(C)c(C)cn12. The third-order valence-corrected chi connectivity index (χ3v) is 4.83. The molecule has 0 aliphatic carbocycles. The summed E-state index contributed by atoms with van der Waals surface area (Å²) in [6.07, 6.45) is 7.10. The molecule has 120 valence electrons. The third kappa shape index (κ3) is 2.99. The van der Waals surface area contributed by atoms with Crippen LogP contribution < -0.4 is 0 Å². The van der Waals surface area contributed by atoms with Gasteiger partial charge in [0.25, 0.3) is 0 Å². The molecule has 0 amide bonds. The van der Waals surface area contributed by atoms with E-state index in [9.17, 15) is 10.1 Å². The Hall–Kier alpha value is -2.19. The smallest absolute Gasteiger partial charge is 0.330 e. The average Bonchev–Trinajstić information content (AvgIpc) is 2.83. The number of pyridine rings is 1. The number of aryl methyl sites for hydroxylation is 2. The zero-order chi connectivity index (χ0) is 17.1. The summed E-state index contributed by atoms with van der Waals surface area (Å²) in [4.78, 5) is 12.5. The van der Waals surface area contributed by atoms with Crippen LogP contribution in [0, 0.1) is 32.1 Å². The average molecular weight is 328 g/mol. The molecule has 0 saturated carbocycles. The molecule has 0 unspecified atom stereocenters. The number of hydrogen-bond acceptors (Lipinski definition) is 4. The van der Waals surface area contributed by atoms with Crippen LogP contribution in [0.5, 0.6) is 0 Å². The van der Waals surface area contributed by atoms with Crippen LogP contribution in [-0.4, -0.2) is 23.2 Å². The normalized spacial score (nSPS) is 11.1. The molecule has 0 radical (unpaired) electrons. The lowest BCUT2D eigenvalue weighted by Crippen LogP contribution is -2.00. The van der Waals surface area contributed by atoms with Gasteiger partial charge < -0.3 is 9.14 Å². The molecular weight excluding hydrogens is 308 g/mol. The van der Waals surface area contributed by atoms with Gasteiger partial charge in [0, 0.05) is 12.3 Å². The fraction of sp³-hybridized carbons (Fsp3) is 0.333. The molecule has 0 spiro atoms. The van der Waals surface area contributed by atoms with Gasteiger partial charge in [-0.1, -0.05) is 0 Å². The second kappa shape index (κ2) is 6.93. The number of carbonyl (C=O) groups excluding carboxylic acids is 1. The number of fused-ring (bicyclic) bond motifs is 1. The van der Waals surface area contributed by atoms with Crippen molar-refractivity contribution in [1.29, 1.82) is 5.26 Å². The van der Waals surface area contributed by atoms with E-state index in [2.05, 4.69) is 13.0 Å². The second-order valence-electron chi connectivity index (χ2n) is 5.27. The number of rotatable bonds is 4. The van der Waals surface area contributed by atoms with Crippen molar-refractivity contribution in [3.8, 4) is 6.07 Å². The molecule has 5 heteroatoms. The van der Waals surface area contributed by atoms with Gasteiger partial charge in [-0.05, 0) is 56.7 Å². The number of aromatic nitrogens is 1. The van der Waals surface area contributed by atoms with Crippen LogP contribution in [-0.2, 0) is 9.53 Å². The van der Waals surface area contributed by atoms with E-state index in [-0.39, 0.29) is 5.97 Å². The van der Waals surface area contributed by atoms with Gasteiger partial charge in [-0.2, -0.15) is 5.26 Å². The van der Waals surface area contributed by atoms with Crippen LogP contribution in [0.1, 0.15) is 34.9 Å². The first-order valence-electron chi connectivity index (χ1n) is 7.39. The first kappa shape index (κ1) is 17.2. The second-order valence-corrected chi connectivity index (χ2v) is 6.09. The van der Waals surface area contributed by atoms with Crippen LogP contribution >= 0.6 is 11.8 Å². The van der Waals surface area contributed by atoms with Gasteiger partial charge in [-0.15, -0.1) is 11.8 Å². The molecule has 0 saturated heterocycles. The molecule has 4 nitrogen and oxygen atoms in total. The van der Waals surface area contributed by atoms with E-state index in [0.29, 0.717) is 12.2 Å². The quantitative estimate of drug-likeness (QED) is 0.483. The van der Waals surface area contributed by atoms with E-state index in [1.54, 1.807) is 13.0 Å². The predicted molar refractivity (Wildman–Crippen MR) is 93.8 cm³/mol. The fourth-order valence-electron chi connectivity index (χ4n) is 2.66. The van der Waals surface area contributed by atoms with Crippen molar-refractivity contribution in [2.24, 2.45) is 0 Å². The maximum absolute atomic E-state index is 11.6. The maximum atomic E-state index is 11.6. The van der Waals surface area contributed by atoms with Crippen molar-refractivity contribution < 1.29 is 9.53 Å². The number of hydrogen-bond donors (Lipinski definition) is 0. The minimum atomic E-state index is -0.381. The van der Waals surface area contributed by atoms with Crippen LogP contribution in [0.15, 0.2) is 17.2 Å². The molecule has 0 aromatic carbocycles. The van der Waals surface area contributed by atoms with Crippen molar-refractivity contribution in [3.63, 3.8) is 0 Å². The highest BCUT2D eigenvalue weighted by atomic mass is 32.2. The Morgan fingerprint density at radius 1 is 1.39 bits per heavy atom. The number of esters is 1. The molecular formula is C18H20N2O2S. The Morgan fingerprint density at radius 3 is 2.65 bits per heavy atom. The number of nitrogens with zero attached hydrogens (tertiary/aromatic N) is 2. The summed E-state index contributed by atoms with van der Waals surface area (Å²) in [5.41, 5.74) is 5.81. The fourth-order valence-corrected chi connectivity index (χ4v) is 3.38. The number of thioether (sulfide) groups is 1. The van der Waals surface area contributed by atoms with E-state index >= 15 is 0 Å². The number of ether oxygens (including phenoxy) is 1. The van der Waals surface area contributed by atoms with E-state index < -0.39 is 0 Å². The monoisotopic (exact) mass is 328 g/mol. The summed E-state index contributed by atoms with van der Waals surface area (Å²) in [7, 11) is 0. The lowest BCUT2D eigenvalue weighted by molar-refractivity contribution is -0.137. The summed E-state index contributed by atoms with van der Waals surface area (Å²) >= 11 is 1.51. The Balaban J connectivity index is 2.78. The molecule has 23 heavy (non-hydrogen) atoms. The van der Waals surface area contributed by atoms with Gasteiger partial charge in [-0.3, -0.25) is 0 Å². The summed E-state index contributed by atoms with van der Waals surface area (Å²) in [6, 6.07) is 2.32. The van der Waals surface area contributed by atoms with Gasteiger partial charge >= 0.3 is 5.97 Å². The highest BCUT2D eigenvalue weighted by Crippen LogP contribution is 2.35. The van der Waals surface area contributed by atoms with Gasteiger partial charge in [0.05, 0.1) is 28.3 Å². The van der Waals surface area contributed by atoms with Crippen LogP contribution in [0.3, 0.4) is 0 Å². The number of carbonyl (C=O) groups is 1. The standard InChI is InChI=1S/C18H20N2O2S/c1-6-22-16(21)8-7-15-18(23-5)14(9-19)17-13(4)12(3)11(2)10-20(15)17/h7-8,10H,6H2,1-5H3/b8-7+. The summed E-state index contributed by atoms with van der Waals surface area (Å²) in [5, 5.41) is 9.61. The molecule has 0 atom stereocenters. The molecule has 0 aliphatic rings. The van der Waals surface area contributed by atoms with Crippen molar-refractivity contribution >= 4 is 29.3 Å². The first-order valence-corrected chi connectivity index (χ1v) is 8.62. The van der Waals surface area contributed by atoms with Crippen molar-refractivity contribution in [1.82, 2.24) is 4.40 Å². The maximum Gasteiger partial charge on any atom is 0.330 e. The summed E-state index contributed by atoms with van der Waals surface area (Å²) < 4.78 is 6.94. The Morgan fingerprint density at radius 2 is 2.09 bits per heavy atom. The van der Waals surface area contributed by atoms with Crippen LogP contribution in [0.4, 0.5) is 0 Å². The van der Waals surface area contributed by atoms with Crippen molar-refractivity contribution in [2.75, 3.05) is 12.9 Å². The predicted octanol–water partition coefficient (Wildman–Crippen LogP) is 4.03. The minimum absolute atomic E-state index is 0.342. The Kier molecular flexibility index (Phi) is 5.17. The highest BCUT2D eigenvalue weighted by molar-refractivity contribution is 7.98. The van der Waals surface area contributed by atoms with Crippen molar-refractivity contribution in [2.45, 2.75) is 32.6 Å². The molecule has 0 N–H and O–H groups in total. The largest absolute Gasteiger partial charge is 0.463 e. The summed E-state index contributed by atoms with van der Waals surface area (Å²) in [6.45, 7) is 8.25. The van der Waals surface area contributed by atoms with Gasteiger partial charge in [-0.25, -0.2) is 4.79 Å². The van der Waals surface area contributed by atoms with Gasteiger partial charge in [0.15, 0.2) is 0 Å². The van der Waals surface area contributed by atoms with E-state index in [1.807, 2.05) is 30.7 Å². The summed E-state index contributed by atoms with van der Waals surface area (Å²) in [5.74, 6) is -0.381. The molecule has 2 aromatic rings. The minimum Gasteiger partial charge on any atom is -0.463 e. The van der Waals surface area contributed by atoms with Gasteiger partial charge in [0.2, 0.25) is 0 Å². The van der Waals surface area contributed by atoms with Crippen molar-refractivity contribution in [3.05, 3.63) is 40.2 Å². The Bertz CT molecular complexity index is 841. The molecule has 0 fully saturated rings. The lowest BCUT2D eigenvalue weighted by atomic mass is 10.0. The van der Waals surface area contributed by atoms with Gasteiger partial charge in [0.1, 0.15) is 6.07 Å². The van der Waals surface area contributed by atoms with E-state index in [4.69, 9.17) is 4.74 Å². The molecule has 0 bridgehead atoms. The highest BCUT2D eigenvalue weighted by Gasteiger charge is 2.19. The zero-order valence-electron chi connectivity index (χ0n) is 14.1. The molecule has 0 aliphatic heterocycles. The topological polar surface area (TPSA) is 54.5 Å².